The van der Waals surface area contributed by atoms with Gasteiger partial charge in [0.2, 0.25) is 0 Å². The van der Waals surface area contributed by atoms with E-state index >= 15 is 0 Å². The van der Waals surface area contributed by atoms with E-state index in [-0.39, 0.29) is 5.56 Å². The first-order valence-corrected chi connectivity index (χ1v) is 8.16. The molecule has 0 spiro atoms. The van der Waals surface area contributed by atoms with Crippen molar-refractivity contribution in [1.82, 2.24) is 9.78 Å². The molecule has 0 bridgehead atoms. The minimum absolute atomic E-state index is 0.00791. The summed E-state index contributed by atoms with van der Waals surface area (Å²) in [5, 5.41) is 5.22. The van der Waals surface area contributed by atoms with Crippen LogP contribution in [0.25, 0.3) is 0 Å². The average Bonchev–Trinajstić information content (AvgIpc) is 2.42. The minimum Gasteiger partial charge on any atom is -0.371 e. The van der Waals surface area contributed by atoms with Crippen LogP contribution in [-0.4, -0.2) is 28.2 Å². The van der Waals surface area contributed by atoms with Gasteiger partial charge in [-0.05, 0) is 26.2 Å². The largest absolute Gasteiger partial charge is 0.371 e. The van der Waals surface area contributed by atoms with Gasteiger partial charge in [-0.2, -0.15) is 5.10 Å². The average molecular weight is 330 g/mol. The van der Waals surface area contributed by atoms with Crippen molar-refractivity contribution in [3.63, 3.8) is 0 Å². The van der Waals surface area contributed by atoms with Crippen LogP contribution < -0.4 is 10.5 Å². The molecule has 0 aliphatic heterocycles. The van der Waals surface area contributed by atoms with Gasteiger partial charge < -0.3 is 4.90 Å². The smallest absolute Gasteiger partial charge is 0.268 e. The molecule has 0 aliphatic rings. The zero-order valence-corrected chi connectivity index (χ0v) is 13.7. The van der Waals surface area contributed by atoms with Gasteiger partial charge in [-0.15, -0.1) is 0 Å². The molecule has 108 valence electrons. The topological polar surface area (TPSA) is 38.1 Å². The van der Waals surface area contributed by atoms with E-state index in [0.29, 0.717) is 12.5 Å². The highest BCUT2D eigenvalue weighted by Gasteiger charge is 2.10. The molecule has 0 N–H and O–H groups in total. The quantitative estimate of drug-likeness (QED) is 0.688. The maximum absolute atomic E-state index is 12.1. The molecule has 1 unspecified atom stereocenters. The Morgan fingerprint density at radius 2 is 2.05 bits per heavy atom. The molecule has 1 rings (SSSR count). The number of halogens is 1. The third-order valence-electron chi connectivity index (χ3n) is 3.33. The number of alkyl halides is 1. The molecule has 0 aromatic carbocycles. The molecule has 1 atom stereocenters. The zero-order valence-electron chi connectivity index (χ0n) is 12.1. The molecule has 4 nitrogen and oxygen atoms in total. The highest BCUT2D eigenvalue weighted by atomic mass is 79.9. The molecule has 1 aromatic heterocycles. The van der Waals surface area contributed by atoms with Crippen LogP contribution in [0.15, 0.2) is 17.1 Å². The molecular weight excluding hydrogens is 306 g/mol. The van der Waals surface area contributed by atoms with E-state index in [9.17, 15) is 4.79 Å². The van der Waals surface area contributed by atoms with Crippen molar-refractivity contribution < 1.29 is 0 Å². The molecule has 1 aromatic rings. The van der Waals surface area contributed by atoms with Crippen molar-refractivity contribution in [3.8, 4) is 0 Å². The number of aromatic nitrogens is 2. The Balaban J connectivity index is 2.85. The fraction of sp³-hybridized carbons (Fsp3) is 0.714. The minimum atomic E-state index is -0.00791. The first-order valence-electron chi connectivity index (χ1n) is 7.04. The van der Waals surface area contributed by atoms with E-state index in [1.807, 2.05) is 0 Å². The van der Waals surface area contributed by atoms with Crippen LogP contribution in [0, 0.1) is 5.92 Å². The molecule has 0 saturated heterocycles. The molecule has 5 heteroatoms. The Morgan fingerprint density at radius 1 is 1.37 bits per heavy atom. The molecule has 19 heavy (non-hydrogen) atoms. The summed E-state index contributed by atoms with van der Waals surface area (Å²) >= 11 is 3.51. The van der Waals surface area contributed by atoms with Crippen LogP contribution >= 0.6 is 15.9 Å². The van der Waals surface area contributed by atoms with Crippen LogP contribution in [0.3, 0.4) is 0 Å². The Labute approximate surface area is 123 Å². The molecule has 0 amide bonds. The molecule has 0 radical (unpaired) electrons. The van der Waals surface area contributed by atoms with Crippen molar-refractivity contribution in [2.24, 2.45) is 5.92 Å². The lowest BCUT2D eigenvalue weighted by Gasteiger charge is -2.21. The second kappa shape index (κ2) is 8.35. The Morgan fingerprint density at radius 3 is 2.53 bits per heavy atom. The summed E-state index contributed by atoms with van der Waals surface area (Å²) in [5.74, 6) is 0.467. The van der Waals surface area contributed by atoms with Gasteiger partial charge in [-0.3, -0.25) is 4.79 Å². The Kier molecular flexibility index (Phi) is 7.13. The molecule has 0 aliphatic carbocycles. The fourth-order valence-electron chi connectivity index (χ4n) is 2.19. The van der Waals surface area contributed by atoms with Gasteiger partial charge >= 0.3 is 0 Å². The number of hydrogen-bond donors (Lipinski definition) is 0. The van der Waals surface area contributed by atoms with E-state index in [2.05, 4.69) is 46.7 Å². The van der Waals surface area contributed by atoms with E-state index in [1.165, 1.54) is 0 Å². The highest BCUT2D eigenvalue weighted by Crippen LogP contribution is 2.12. The summed E-state index contributed by atoms with van der Waals surface area (Å²) in [6.45, 7) is 8.79. The maximum atomic E-state index is 12.1. The van der Waals surface area contributed by atoms with Gasteiger partial charge in [-0.1, -0.05) is 29.3 Å². The lowest BCUT2D eigenvalue weighted by molar-refractivity contribution is 0.415. The second-order valence-corrected chi connectivity index (χ2v) is 5.36. The van der Waals surface area contributed by atoms with Gasteiger partial charge in [0.1, 0.15) is 0 Å². The first-order chi connectivity index (χ1) is 9.15. The number of nitrogens with zero attached hydrogens (tertiary/aromatic N) is 3. The Hall–Kier alpha value is -0.840. The van der Waals surface area contributed by atoms with Crippen molar-refractivity contribution in [2.45, 2.75) is 40.2 Å². The standard InChI is InChI=1S/C14H24BrN3O/c1-4-7-12(9-15)11-18-14(19)8-13(10-16-18)17(5-2)6-3/h8,10,12H,4-7,9,11H2,1-3H3. The van der Waals surface area contributed by atoms with E-state index in [1.54, 1.807) is 16.9 Å². The summed E-state index contributed by atoms with van der Waals surface area (Å²) in [4.78, 5) is 14.2. The van der Waals surface area contributed by atoms with Gasteiger partial charge in [0.25, 0.3) is 5.56 Å². The van der Waals surface area contributed by atoms with Crippen LogP contribution in [0.4, 0.5) is 5.69 Å². The van der Waals surface area contributed by atoms with Crippen molar-refractivity contribution in [2.75, 3.05) is 23.3 Å². The SMILES string of the molecule is CCCC(CBr)Cn1ncc(N(CC)CC)cc1=O. The zero-order chi connectivity index (χ0) is 14.3. The van der Waals surface area contributed by atoms with Crippen LogP contribution in [-0.2, 0) is 6.54 Å². The summed E-state index contributed by atoms with van der Waals surface area (Å²) in [7, 11) is 0. The lowest BCUT2D eigenvalue weighted by Crippen LogP contribution is -2.29. The number of hydrogen-bond acceptors (Lipinski definition) is 3. The van der Waals surface area contributed by atoms with Crippen LogP contribution in [0.5, 0.6) is 0 Å². The van der Waals surface area contributed by atoms with Crippen molar-refractivity contribution in [3.05, 3.63) is 22.6 Å². The summed E-state index contributed by atoms with van der Waals surface area (Å²) in [6, 6.07) is 1.69. The Bertz CT molecular complexity index is 429. The molecule has 1 heterocycles. The van der Waals surface area contributed by atoms with Crippen molar-refractivity contribution in [1.29, 1.82) is 0 Å². The van der Waals surface area contributed by atoms with Crippen LogP contribution in [0.2, 0.25) is 0 Å². The fourth-order valence-corrected chi connectivity index (χ4v) is 2.72. The first kappa shape index (κ1) is 16.2. The normalized spacial score (nSPS) is 12.4. The monoisotopic (exact) mass is 329 g/mol. The second-order valence-electron chi connectivity index (χ2n) is 4.72. The summed E-state index contributed by atoms with van der Waals surface area (Å²) in [6.07, 6.45) is 4.03. The van der Waals surface area contributed by atoms with Gasteiger partial charge in [0.15, 0.2) is 0 Å². The number of rotatable bonds is 8. The third kappa shape index (κ3) is 4.64. The van der Waals surface area contributed by atoms with Crippen molar-refractivity contribution >= 4 is 21.6 Å². The predicted octanol–water partition coefficient (Wildman–Crippen LogP) is 2.90. The maximum Gasteiger partial charge on any atom is 0.268 e. The molecule has 0 fully saturated rings. The van der Waals surface area contributed by atoms with Gasteiger partial charge in [0.05, 0.1) is 11.9 Å². The van der Waals surface area contributed by atoms with Crippen LogP contribution in [0.1, 0.15) is 33.6 Å². The molecular formula is C14H24BrN3O. The van der Waals surface area contributed by atoms with Gasteiger partial charge in [-0.25, -0.2) is 4.68 Å². The third-order valence-corrected chi connectivity index (χ3v) is 4.25. The van der Waals surface area contributed by atoms with E-state index < -0.39 is 0 Å². The number of anilines is 1. The summed E-state index contributed by atoms with van der Waals surface area (Å²) in [5.41, 5.74) is 0.906. The molecule has 0 saturated carbocycles. The van der Waals surface area contributed by atoms with Gasteiger partial charge in [0, 0.05) is 31.0 Å². The van der Waals surface area contributed by atoms with E-state index in [0.717, 1.165) is 36.9 Å². The highest BCUT2D eigenvalue weighted by molar-refractivity contribution is 9.09. The lowest BCUT2D eigenvalue weighted by atomic mass is 10.1. The predicted molar refractivity (Wildman–Crippen MR) is 84.3 cm³/mol. The summed E-state index contributed by atoms with van der Waals surface area (Å²) < 4.78 is 1.58. The van der Waals surface area contributed by atoms with E-state index in [4.69, 9.17) is 0 Å².